The molecule has 0 spiro atoms. The first-order valence-electron chi connectivity index (χ1n) is 8.48. The van der Waals surface area contributed by atoms with E-state index in [0.29, 0.717) is 13.0 Å². The number of benzene rings is 1. The van der Waals surface area contributed by atoms with Gasteiger partial charge in [-0.25, -0.2) is 0 Å². The van der Waals surface area contributed by atoms with Gasteiger partial charge in [0, 0.05) is 6.42 Å². The summed E-state index contributed by atoms with van der Waals surface area (Å²) in [6, 6.07) is 10.2. The van der Waals surface area contributed by atoms with Crippen LogP contribution in [0.1, 0.15) is 46.1 Å². The Morgan fingerprint density at radius 3 is 2.22 bits per heavy atom. The van der Waals surface area contributed by atoms with Crippen LogP contribution in [-0.4, -0.2) is 20.5 Å². The molecule has 0 saturated carbocycles. The lowest BCUT2D eigenvalue weighted by Crippen LogP contribution is -2.47. The summed E-state index contributed by atoms with van der Waals surface area (Å²) in [6.07, 6.45) is 7.08. The quantitative estimate of drug-likeness (QED) is 0.469. The minimum Gasteiger partial charge on any atom is -0.410 e. The number of hydrogen-bond acceptors (Lipinski definition) is 2. The van der Waals surface area contributed by atoms with E-state index >= 15 is 0 Å². The first kappa shape index (κ1) is 20.0. The number of ether oxygens (including phenoxy) is 1. The standard InChI is InChI=1S/C20H32O2Si/c1-8-13-19(22-23(6,7)20(3,4)5)18(9-2)21-16-17-14-11-10-12-15-17/h1,10-12,14-15,18-19H,9,13,16H2,2-7H3/t18-,19+/m0/s1. The Bertz CT molecular complexity index is 497. The van der Waals surface area contributed by atoms with Crippen molar-refractivity contribution in [1.29, 1.82) is 0 Å². The number of rotatable bonds is 8. The van der Waals surface area contributed by atoms with Crippen LogP contribution in [0.5, 0.6) is 0 Å². The van der Waals surface area contributed by atoms with Crippen molar-refractivity contribution in [1.82, 2.24) is 0 Å². The van der Waals surface area contributed by atoms with E-state index in [-0.39, 0.29) is 17.2 Å². The molecule has 0 bridgehead atoms. The van der Waals surface area contributed by atoms with Crippen LogP contribution < -0.4 is 0 Å². The SMILES string of the molecule is C#CC[C@@H](O[Si](C)(C)C(C)(C)C)[C@H](CC)OCc1ccccc1. The monoisotopic (exact) mass is 332 g/mol. The average molecular weight is 333 g/mol. The molecule has 0 fully saturated rings. The van der Waals surface area contributed by atoms with Crippen molar-refractivity contribution in [3.8, 4) is 12.3 Å². The second-order valence-electron chi connectivity index (χ2n) is 7.57. The van der Waals surface area contributed by atoms with Crippen molar-refractivity contribution in [3.05, 3.63) is 35.9 Å². The van der Waals surface area contributed by atoms with Crippen LogP contribution in [0, 0.1) is 12.3 Å². The van der Waals surface area contributed by atoms with Gasteiger partial charge >= 0.3 is 0 Å². The predicted octanol–water partition coefficient (Wildman–Crippen LogP) is 5.40. The molecule has 0 N–H and O–H groups in total. The molecule has 2 nitrogen and oxygen atoms in total. The van der Waals surface area contributed by atoms with E-state index in [1.807, 2.05) is 18.2 Å². The van der Waals surface area contributed by atoms with E-state index in [1.165, 1.54) is 5.56 Å². The molecule has 23 heavy (non-hydrogen) atoms. The molecule has 1 aromatic rings. The molecule has 0 aliphatic carbocycles. The fourth-order valence-electron chi connectivity index (χ4n) is 2.19. The van der Waals surface area contributed by atoms with Crippen LogP contribution in [0.15, 0.2) is 30.3 Å². The minimum absolute atomic E-state index is 0.0281. The van der Waals surface area contributed by atoms with Crippen LogP contribution in [0.3, 0.4) is 0 Å². The molecule has 0 radical (unpaired) electrons. The van der Waals surface area contributed by atoms with E-state index in [0.717, 1.165) is 6.42 Å². The van der Waals surface area contributed by atoms with Crippen LogP contribution in [0.4, 0.5) is 0 Å². The number of terminal acetylenes is 1. The Morgan fingerprint density at radius 2 is 1.74 bits per heavy atom. The first-order chi connectivity index (χ1) is 10.7. The highest BCUT2D eigenvalue weighted by Crippen LogP contribution is 2.38. The van der Waals surface area contributed by atoms with Gasteiger partial charge in [0.1, 0.15) is 0 Å². The van der Waals surface area contributed by atoms with Gasteiger partial charge in [-0.05, 0) is 30.1 Å². The highest BCUT2D eigenvalue weighted by molar-refractivity contribution is 6.74. The molecule has 1 rings (SSSR count). The van der Waals surface area contributed by atoms with Gasteiger partial charge in [0.05, 0.1) is 18.8 Å². The summed E-state index contributed by atoms with van der Waals surface area (Å²) in [6.45, 7) is 14.0. The molecule has 3 heteroatoms. The highest BCUT2D eigenvalue weighted by atomic mass is 28.4. The topological polar surface area (TPSA) is 18.5 Å². The predicted molar refractivity (Wildman–Crippen MR) is 101 cm³/mol. The van der Waals surface area contributed by atoms with Gasteiger partial charge in [0.25, 0.3) is 0 Å². The molecule has 0 heterocycles. The normalized spacial score (nSPS) is 15.0. The summed E-state index contributed by atoms with van der Waals surface area (Å²) < 4.78 is 12.7. The Morgan fingerprint density at radius 1 is 1.13 bits per heavy atom. The van der Waals surface area contributed by atoms with Crippen LogP contribution in [-0.2, 0) is 15.8 Å². The van der Waals surface area contributed by atoms with E-state index in [4.69, 9.17) is 15.6 Å². The first-order valence-corrected chi connectivity index (χ1v) is 11.4. The van der Waals surface area contributed by atoms with Gasteiger partial charge < -0.3 is 9.16 Å². The van der Waals surface area contributed by atoms with Gasteiger partial charge in [0.15, 0.2) is 8.32 Å². The van der Waals surface area contributed by atoms with Crippen molar-refractivity contribution in [2.75, 3.05) is 0 Å². The Balaban J connectivity index is 2.78. The lowest BCUT2D eigenvalue weighted by molar-refractivity contribution is -0.0394. The Kier molecular flexibility index (Phi) is 7.53. The van der Waals surface area contributed by atoms with Crippen molar-refractivity contribution in [2.45, 2.75) is 77.5 Å². The van der Waals surface area contributed by atoms with Gasteiger partial charge in [-0.15, -0.1) is 12.3 Å². The lowest BCUT2D eigenvalue weighted by Gasteiger charge is -2.40. The van der Waals surface area contributed by atoms with Crippen molar-refractivity contribution >= 4 is 8.32 Å². The largest absolute Gasteiger partial charge is 0.410 e. The van der Waals surface area contributed by atoms with Gasteiger partial charge in [-0.3, -0.25) is 0 Å². The average Bonchev–Trinajstić information content (AvgIpc) is 2.47. The third kappa shape index (κ3) is 6.14. The summed E-state index contributed by atoms with van der Waals surface area (Å²) in [4.78, 5) is 0. The molecular weight excluding hydrogens is 300 g/mol. The Labute approximate surface area is 143 Å². The lowest BCUT2D eigenvalue weighted by atomic mass is 10.1. The van der Waals surface area contributed by atoms with Crippen molar-refractivity contribution in [3.63, 3.8) is 0 Å². The van der Waals surface area contributed by atoms with Gasteiger partial charge in [0.2, 0.25) is 0 Å². The zero-order chi connectivity index (χ0) is 17.5. The van der Waals surface area contributed by atoms with Gasteiger partial charge in [-0.1, -0.05) is 58.0 Å². The highest BCUT2D eigenvalue weighted by Gasteiger charge is 2.40. The molecule has 1 aromatic carbocycles. The minimum atomic E-state index is -1.87. The molecule has 2 atom stereocenters. The molecule has 0 amide bonds. The third-order valence-electron chi connectivity index (χ3n) is 4.70. The van der Waals surface area contributed by atoms with E-state index in [2.05, 4.69) is 58.8 Å². The molecular formula is C20H32O2Si. The summed E-state index contributed by atoms with van der Waals surface area (Å²) in [5.74, 6) is 2.77. The fraction of sp³-hybridized carbons (Fsp3) is 0.600. The van der Waals surface area contributed by atoms with E-state index in [9.17, 15) is 0 Å². The smallest absolute Gasteiger partial charge is 0.192 e. The second-order valence-corrected chi connectivity index (χ2v) is 12.3. The van der Waals surface area contributed by atoms with Crippen LogP contribution in [0.25, 0.3) is 0 Å². The number of hydrogen-bond donors (Lipinski definition) is 0. The summed E-state index contributed by atoms with van der Waals surface area (Å²) in [7, 11) is -1.87. The third-order valence-corrected chi connectivity index (χ3v) is 9.20. The van der Waals surface area contributed by atoms with Crippen molar-refractivity contribution < 1.29 is 9.16 Å². The van der Waals surface area contributed by atoms with Crippen molar-refractivity contribution in [2.24, 2.45) is 0 Å². The molecule has 0 saturated heterocycles. The van der Waals surface area contributed by atoms with Crippen LogP contribution in [0.2, 0.25) is 18.1 Å². The maximum Gasteiger partial charge on any atom is 0.192 e. The van der Waals surface area contributed by atoms with E-state index in [1.54, 1.807) is 0 Å². The molecule has 0 unspecified atom stereocenters. The molecule has 0 aliphatic heterocycles. The molecule has 0 aliphatic rings. The zero-order valence-electron chi connectivity index (χ0n) is 15.6. The second kappa shape index (κ2) is 8.68. The summed E-state index contributed by atoms with van der Waals surface area (Å²) in [5, 5.41) is 0.164. The van der Waals surface area contributed by atoms with E-state index < -0.39 is 8.32 Å². The van der Waals surface area contributed by atoms with Crippen LogP contribution >= 0.6 is 0 Å². The Hall–Kier alpha value is -1.08. The summed E-state index contributed by atoms with van der Waals surface area (Å²) >= 11 is 0. The fourth-order valence-corrected chi connectivity index (χ4v) is 3.53. The molecule has 0 aromatic heterocycles. The molecule has 128 valence electrons. The van der Waals surface area contributed by atoms with Gasteiger partial charge in [-0.2, -0.15) is 0 Å². The maximum absolute atomic E-state index is 6.56. The zero-order valence-corrected chi connectivity index (χ0v) is 16.6. The summed E-state index contributed by atoms with van der Waals surface area (Å²) in [5.41, 5.74) is 1.18. The maximum atomic E-state index is 6.56.